The molecular formula is C14H25N3O3S. The van der Waals surface area contributed by atoms with E-state index in [1.807, 2.05) is 6.92 Å². The molecule has 2 unspecified atom stereocenters. The second-order valence-corrected chi connectivity index (χ2v) is 7.82. The zero-order valence-corrected chi connectivity index (χ0v) is 13.8. The Bertz CT molecular complexity index is 410. The number of nitrogens with one attached hydrogen (secondary N) is 1. The Morgan fingerprint density at radius 2 is 2.00 bits per heavy atom. The highest BCUT2D eigenvalue weighted by atomic mass is 32.2. The lowest BCUT2D eigenvalue weighted by atomic mass is 9.80. The van der Waals surface area contributed by atoms with Crippen molar-refractivity contribution in [1.82, 2.24) is 15.1 Å². The molecule has 0 aromatic carbocycles. The van der Waals surface area contributed by atoms with Gasteiger partial charge in [-0.3, -0.25) is 4.90 Å². The quantitative estimate of drug-likeness (QED) is 0.821. The van der Waals surface area contributed by atoms with Gasteiger partial charge in [0.1, 0.15) is 6.04 Å². The molecule has 2 fully saturated rings. The monoisotopic (exact) mass is 315 g/mol. The van der Waals surface area contributed by atoms with Gasteiger partial charge in [0.05, 0.1) is 5.37 Å². The van der Waals surface area contributed by atoms with Gasteiger partial charge in [-0.25, -0.2) is 9.59 Å². The Morgan fingerprint density at radius 3 is 2.57 bits per heavy atom. The molecule has 21 heavy (non-hydrogen) atoms. The van der Waals surface area contributed by atoms with Crippen molar-refractivity contribution < 1.29 is 14.7 Å². The average molecular weight is 315 g/mol. The van der Waals surface area contributed by atoms with Crippen molar-refractivity contribution in [3.63, 3.8) is 0 Å². The summed E-state index contributed by atoms with van der Waals surface area (Å²) < 4.78 is 0. The zero-order chi connectivity index (χ0) is 15.6. The number of carbonyl (C=O) groups is 2. The van der Waals surface area contributed by atoms with Gasteiger partial charge >= 0.3 is 12.0 Å². The molecule has 0 aliphatic carbocycles. The van der Waals surface area contributed by atoms with Crippen molar-refractivity contribution in [3.8, 4) is 0 Å². The molecule has 2 saturated heterocycles. The fraction of sp³-hybridized carbons (Fsp3) is 0.857. The fourth-order valence-electron chi connectivity index (χ4n) is 2.86. The number of carboxylic acid groups (broad SMARTS) is 1. The maximum Gasteiger partial charge on any atom is 0.327 e. The van der Waals surface area contributed by atoms with Crippen LogP contribution >= 0.6 is 11.8 Å². The second kappa shape index (κ2) is 6.44. The lowest BCUT2D eigenvalue weighted by molar-refractivity contribution is -0.141. The number of carboxylic acids is 1. The number of carbonyl (C=O) groups excluding carboxylic acids is 1. The molecule has 2 amide bonds. The summed E-state index contributed by atoms with van der Waals surface area (Å²) in [5, 5.41) is 12.1. The zero-order valence-electron chi connectivity index (χ0n) is 13.0. The molecule has 0 bridgehead atoms. The van der Waals surface area contributed by atoms with E-state index in [1.165, 1.54) is 16.7 Å². The summed E-state index contributed by atoms with van der Waals surface area (Å²) in [5.41, 5.74) is 0.108. The van der Waals surface area contributed by atoms with Gasteiger partial charge in [-0.2, -0.15) is 0 Å². The van der Waals surface area contributed by atoms with E-state index in [0.29, 0.717) is 12.3 Å². The van der Waals surface area contributed by atoms with Crippen molar-refractivity contribution in [2.24, 2.45) is 5.41 Å². The van der Waals surface area contributed by atoms with Gasteiger partial charge in [0.25, 0.3) is 0 Å². The standard InChI is InChI=1S/C14H25N3O3S/c1-10-17(11(8-21-10)12(18)19)13(20)15-9-14(2)4-6-16(3)7-5-14/h10-11H,4-9H2,1-3H3,(H,15,20)(H,18,19). The first-order chi connectivity index (χ1) is 9.82. The number of thioether (sulfide) groups is 1. The highest BCUT2D eigenvalue weighted by Crippen LogP contribution is 2.31. The molecule has 2 aliphatic rings. The molecule has 0 aromatic heterocycles. The van der Waals surface area contributed by atoms with Crippen LogP contribution in [0, 0.1) is 5.41 Å². The van der Waals surface area contributed by atoms with Gasteiger partial charge in [0, 0.05) is 12.3 Å². The number of nitrogens with zero attached hydrogens (tertiary/aromatic N) is 2. The SMILES string of the molecule is CC1SCC(C(=O)O)N1C(=O)NCC1(C)CCN(C)CC1. The number of aliphatic carboxylic acids is 1. The summed E-state index contributed by atoms with van der Waals surface area (Å²) >= 11 is 1.51. The van der Waals surface area contributed by atoms with Crippen LogP contribution in [0.2, 0.25) is 0 Å². The molecule has 7 heteroatoms. The number of urea groups is 1. The highest BCUT2D eigenvalue weighted by molar-refractivity contribution is 8.00. The summed E-state index contributed by atoms with van der Waals surface area (Å²) in [6.45, 7) is 6.77. The van der Waals surface area contributed by atoms with Crippen LogP contribution in [0.25, 0.3) is 0 Å². The minimum Gasteiger partial charge on any atom is -0.480 e. The molecule has 2 atom stereocenters. The van der Waals surface area contributed by atoms with E-state index in [0.717, 1.165) is 25.9 Å². The summed E-state index contributed by atoms with van der Waals surface area (Å²) in [4.78, 5) is 27.3. The van der Waals surface area contributed by atoms with Gasteiger partial charge < -0.3 is 15.3 Å². The number of likely N-dealkylation sites (tertiary alicyclic amines) is 1. The molecule has 2 aliphatic heterocycles. The molecule has 0 radical (unpaired) electrons. The Balaban J connectivity index is 1.90. The van der Waals surface area contributed by atoms with Crippen LogP contribution in [0.1, 0.15) is 26.7 Å². The summed E-state index contributed by atoms with van der Waals surface area (Å²) in [5.74, 6) is -0.459. The number of piperidine rings is 1. The predicted octanol–water partition coefficient (Wildman–Crippen LogP) is 1.28. The molecular weight excluding hydrogens is 290 g/mol. The molecule has 120 valence electrons. The maximum atomic E-state index is 12.3. The van der Waals surface area contributed by atoms with E-state index in [4.69, 9.17) is 0 Å². The minimum absolute atomic E-state index is 0.0867. The molecule has 2 rings (SSSR count). The van der Waals surface area contributed by atoms with Crippen molar-refractivity contribution >= 4 is 23.8 Å². The van der Waals surface area contributed by atoms with Crippen LogP contribution in [-0.2, 0) is 4.79 Å². The molecule has 2 N–H and O–H groups in total. The van der Waals surface area contributed by atoms with Crippen LogP contribution in [-0.4, -0.2) is 70.8 Å². The molecule has 0 aromatic rings. The van der Waals surface area contributed by atoms with Gasteiger partial charge in [0.2, 0.25) is 0 Å². The van der Waals surface area contributed by atoms with Crippen molar-refractivity contribution in [2.45, 2.75) is 38.1 Å². The minimum atomic E-state index is -0.924. The van der Waals surface area contributed by atoms with Crippen LogP contribution in [0.5, 0.6) is 0 Å². The first-order valence-electron chi connectivity index (χ1n) is 7.41. The van der Waals surface area contributed by atoms with Gasteiger partial charge in [0.15, 0.2) is 0 Å². The average Bonchev–Trinajstić information content (AvgIpc) is 2.82. The van der Waals surface area contributed by atoms with E-state index in [9.17, 15) is 14.7 Å². The van der Waals surface area contributed by atoms with E-state index in [2.05, 4.69) is 24.2 Å². The normalized spacial score (nSPS) is 29.4. The third-order valence-corrected chi connectivity index (χ3v) is 5.82. The lowest BCUT2D eigenvalue weighted by Gasteiger charge is -2.38. The highest BCUT2D eigenvalue weighted by Gasteiger charge is 2.40. The van der Waals surface area contributed by atoms with Crippen LogP contribution < -0.4 is 5.32 Å². The van der Waals surface area contributed by atoms with Gasteiger partial charge in [-0.15, -0.1) is 11.8 Å². The fourth-order valence-corrected chi connectivity index (χ4v) is 4.02. The van der Waals surface area contributed by atoms with Gasteiger partial charge in [-0.1, -0.05) is 6.92 Å². The Morgan fingerprint density at radius 1 is 1.38 bits per heavy atom. The van der Waals surface area contributed by atoms with E-state index in [1.54, 1.807) is 0 Å². The predicted molar refractivity (Wildman–Crippen MR) is 83.4 cm³/mol. The largest absolute Gasteiger partial charge is 0.480 e. The number of rotatable bonds is 3. The third-order valence-electron chi connectivity index (χ3n) is 4.60. The summed E-state index contributed by atoms with van der Waals surface area (Å²) in [7, 11) is 2.11. The van der Waals surface area contributed by atoms with Crippen LogP contribution in [0.3, 0.4) is 0 Å². The van der Waals surface area contributed by atoms with E-state index in [-0.39, 0.29) is 16.8 Å². The summed E-state index contributed by atoms with van der Waals surface area (Å²) in [6, 6.07) is -0.963. The number of hydrogen-bond donors (Lipinski definition) is 2. The third kappa shape index (κ3) is 3.83. The lowest BCUT2D eigenvalue weighted by Crippen LogP contribution is -2.52. The molecule has 0 spiro atoms. The molecule has 2 heterocycles. The first kappa shape index (κ1) is 16.4. The Kier molecular flexibility index (Phi) is 5.03. The Hall–Kier alpha value is -0.950. The topological polar surface area (TPSA) is 72.9 Å². The maximum absolute atomic E-state index is 12.3. The van der Waals surface area contributed by atoms with Crippen LogP contribution in [0.4, 0.5) is 4.79 Å². The van der Waals surface area contributed by atoms with E-state index < -0.39 is 12.0 Å². The molecule has 0 saturated carbocycles. The van der Waals surface area contributed by atoms with Crippen LogP contribution in [0.15, 0.2) is 0 Å². The number of hydrogen-bond acceptors (Lipinski definition) is 4. The Labute approximate surface area is 130 Å². The smallest absolute Gasteiger partial charge is 0.327 e. The first-order valence-corrected chi connectivity index (χ1v) is 8.46. The number of amides is 2. The van der Waals surface area contributed by atoms with Crippen molar-refractivity contribution in [2.75, 3.05) is 32.4 Å². The van der Waals surface area contributed by atoms with Crippen molar-refractivity contribution in [3.05, 3.63) is 0 Å². The molecule has 6 nitrogen and oxygen atoms in total. The second-order valence-electron chi connectivity index (χ2n) is 6.47. The van der Waals surface area contributed by atoms with Gasteiger partial charge in [-0.05, 0) is 45.3 Å². The van der Waals surface area contributed by atoms with E-state index >= 15 is 0 Å². The van der Waals surface area contributed by atoms with Crippen molar-refractivity contribution in [1.29, 1.82) is 0 Å². The summed E-state index contributed by atoms with van der Waals surface area (Å²) in [6.07, 6.45) is 2.10.